The minimum atomic E-state index is -3.90. The molecule has 0 aliphatic carbocycles. The molecule has 5 atom stereocenters. The van der Waals surface area contributed by atoms with Gasteiger partial charge in [0.15, 0.2) is 6.29 Å². The Kier molecular flexibility index (Phi) is 10.7. The van der Waals surface area contributed by atoms with Crippen LogP contribution in [0.1, 0.15) is 24.8 Å². The monoisotopic (exact) mass is 605 g/mol. The van der Waals surface area contributed by atoms with Gasteiger partial charge in [0, 0.05) is 25.0 Å². The van der Waals surface area contributed by atoms with Crippen molar-refractivity contribution in [3.63, 3.8) is 0 Å². The molecule has 0 radical (unpaired) electrons. The molecule has 0 spiro atoms. The van der Waals surface area contributed by atoms with Crippen LogP contribution in [0.4, 0.5) is 0 Å². The standard InChI is InChI=1S/C30H43N3O8S/c1-38-24-6-8-25(9-7-24)42(36,37)33(17-22-10-13-31-14-11-22)18-28(35)27(16-21-2-4-23(34)5-3-21)32-20-41-29-19-40-30-26(29)12-15-39-30/h2-9,22,26-32,34-35H,10-20H2,1H3/t26-,27-,28+,29?,30+/m0/s1. The highest BCUT2D eigenvalue weighted by Gasteiger charge is 2.42. The maximum atomic E-state index is 13.9. The second kappa shape index (κ2) is 14.5. The van der Waals surface area contributed by atoms with E-state index in [0.29, 0.717) is 31.9 Å². The third-order valence-electron chi connectivity index (χ3n) is 8.49. The molecule has 12 heteroatoms. The molecule has 0 amide bonds. The minimum absolute atomic E-state index is 0.0842. The van der Waals surface area contributed by atoms with Gasteiger partial charge in [0.25, 0.3) is 0 Å². The fraction of sp³-hybridized carbons (Fsp3) is 0.600. The van der Waals surface area contributed by atoms with Crippen molar-refractivity contribution >= 4 is 10.0 Å². The number of aliphatic hydroxyl groups is 1. The van der Waals surface area contributed by atoms with E-state index < -0.39 is 22.2 Å². The lowest BCUT2D eigenvalue weighted by atomic mass is 9.97. The molecule has 3 saturated heterocycles. The first kappa shape index (κ1) is 31.1. The number of hydrogen-bond acceptors (Lipinski definition) is 10. The second-order valence-electron chi connectivity index (χ2n) is 11.3. The van der Waals surface area contributed by atoms with Crippen molar-refractivity contribution < 1.29 is 37.6 Å². The number of fused-ring (bicyclic) bond motifs is 1. The van der Waals surface area contributed by atoms with E-state index in [1.54, 1.807) is 48.5 Å². The van der Waals surface area contributed by atoms with Gasteiger partial charge < -0.3 is 34.5 Å². The van der Waals surface area contributed by atoms with Gasteiger partial charge in [-0.2, -0.15) is 4.31 Å². The lowest BCUT2D eigenvalue weighted by molar-refractivity contribution is -0.0909. The summed E-state index contributed by atoms with van der Waals surface area (Å²) < 4.78 is 51.9. The van der Waals surface area contributed by atoms with Crippen molar-refractivity contribution in [1.29, 1.82) is 0 Å². The quantitative estimate of drug-likeness (QED) is 0.235. The first-order valence-electron chi connectivity index (χ1n) is 14.7. The predicted octanol–water partition coefficient (Wildman–Crippen LogP) is 1.69. The summed E-state index contributed by atoms with van der Waals surface area (Å²) in [5.41, 5.74) is 0.890. The molecule has 3 aliphatic heterocycles. The number of piperidine rings is 1. The Balaban J connectivity index is 1.32. The number of phenolic OH excluding ortho intramolecular Hbond substituents is 1. The highest BCUT2D eigenvalue weighted by molar-refractivity contribution is 7.89. The van der Waals surface area contributed by atoms with Crippen molar-refractivity contribution in [3.8, 4) is 11.5 Å². The number of benzene rings is 2. The van der Waals surface area contributed by atoms with E-state index in [1.807, 2.05) is 0 Å². The van der Waals surface area contributed by atoms with Crippen LogP contribution in [0.15, 0.2) is 53.4 Å². The molecule has 5 rings (SSSR count). The molecule has 42 heavy (non-hydrogen) atoms. The predicted molar refractivity (Wildman–Crippen MR) is 156 cm³/mol. The first-order valence-corrected chi connectivity index (χ1v) is 16.2. The van der Waals surface area contributed by atoms with Crippen LogP contribution >= 0.6 is 0 Å². The van der Waals surface area contributed by atoms with E-state index in [0.717, 1.165) is 37.9 Å². The molecule has 2 aromatic carbocycles. The number of sulfonamides is 1. The minimum Gasteiger partial charge on any atom is -0.508 e. The summed E-state index contributed by atoms with van der Waals surface area (Å²) in [7, 11) is -2.37. The Morgan fingerprint density at radius 3 is 2.52 bits per heavy atom. The lowest BCUT2D eigenvalue weighted by Gasteiger charge is -2.33. The molecule has 3 fully saturated rings. The fourth-order valence-corrected chi connectivity index (χ4v) is 7.48. The van der Waals surface area contributed by atoms with Gasteiger partial charge in [-0.05, 0) is 86.7 Å². The van der Waals surface area contributed by atoms with Crippen molar-refractivity contribution in [2.45, 2.75) is 55.1 Å². The lowest BCUT2D eigenvalue weighted by Crippen LogP contribution is -2.51. The summed E-state index contributed by atoms with van der Waals surface area (Å²) in [5, 5.41) is 28.0. The molecule has 3 aliphatic rings. The largest absolute Gasteiger partial charge is 0.508 e. The zero-order valence-corrected chi connectivity index (χ0v) is 24.9. The smallest absolute Gasteiger partial charge is 0.243 e. The van der Waals surface area contributed by atoms with E-state index in [4.69, 9.17) is 18.9 Å². The summed E-state index contributed by atoms with van der Waals surface area (Å²) in [4.78, 5) is 0.158. The molecule has 0 aromatic heterocycles. The van der Waals surface area contributed by atoms with Gasteiger partial charge in [-0.15, -0.1) is 0 Å². The molecular weight excluding hydrogens is 562 g/mol. The molecular formula is C30H43N3O8S. The van der Waals surface area contributed by atoms with Gasteiger partial charge in [0.1, 0.15) is 11.5 Å². The van der Waals surface area contributed by atoms with Crippen LogP contribution in [-0.2, 0) is 30.7 Å². The van der Waals surface area contributed by atoms with Gasteiger partial charge in [0.05, 0.1) is 44.2 Å². The number of hydrogen-bond donors (Lipinski definition) is 4. The summed E-state index contributed by atoms with van der Waals surface area (Å²) in [6.45, 7) is 3.17. The van der Waals surface area contributed by atoms with Gasteiger partial charge in [0.2, 0.25) is 10.0 Å². The number of nitrogens with zero attached hydrogens (tertiary/aromatic N) is 1. The molecule has 232 valence electrons. The molecule has 0 bridgehead atoms. The Labute approximate surface area is 248 Å². The van der Waals surface area contributed by atoms with Crippen molar-refractivity contribution in [3.05, 3.63) is 54.1 Å². The van der Waals surface area contributed by atoms with Crippen LogP contribution in [0.2, 0.25) is 0 Å². The van der Waals surface area contributed by atoms with Crippen LogP contribution in [0, 0.1) is 11.8 Å². The Morgan fingerprint density at radius 1 is 1.07 bits per heavy atom. The highest BCUT2D eigenvalue weighted by atomic mass is 32.2. The van der Waals surface area contributed by atoms with E-state index in [-0.39, 0.29) is 48.2 Å². The van der Waals surface area contributed by atoms with E-state index >= 15 is 0 Å². The molecule has 4 N–H and O–H groups in total. The Morgan fingerprint density at radius 2 is 1.81 bits per heavy atom. The van der Waals surface area contributed by atoms with Crippen LogP contribution in [0.3, 0.4) is 0 Å². The van der Waals surface area contributed by atoms with Gasteiger partial charge in [-0.25, -0.2) is 8.42 Å². The molecule has 0 saturated carbocycles. The number of aromatic hydroxyl groups is 1. The number of rotatable bonds is 14. The van der Waals surface area contributed by atoms with Gasteiger partial charge >= 0.3 is 0 Å². The third-order valence-corrected chi connectivity index (χ3v) is 10.3. The van der Waals surface area contributed by atoms with Crippen molar-refractivity contribution in [1.82, 2.24) is 14.9 Å². The maximum absolute atomic E-state index is 13.9. The number of ether oxygens (including phenoxy) is 4. The van der Waals surface area contributed by atoms with E-state index in [1.165, 1.54) is 11.4 Å². The van der Waals surface area contributed by atoms with Crippen LogP contribution in [0.5, 0.6) is 11.5 Å². The number of nitrogens with one attached hydrogen (secondary N) is 2. The second-order valence-corrected chi connectivity index (χ2v) is 13.3. The van der Waals surface area contributed by atoms with Crippen molar-refractivity contribution in [2.24, 2.45) is 11.8 Å². The SMILES string of the molecule is COc1ccc(S(=O)(=O)N(CC2CCNCC2)C[C@@H](O)[C@H](Cc2ccc(O)cc2)NCOC2CO[C@H]3OCC[C@@H]23)cc1. The van der Waals surface area contributed by atoms with E-state index in [9.17, 15) is 18.6 Å². The van der Waals surface area contributed by atoms with E-state index in [2.05, 4.69) is 10.6 Å². The molecule has 11 nitrogen and oxygen atoms in total. The topological polar surface area (TPSA) is 139 Å². The van der Waals surface area contributed by atoms with Crippen LogP contribution in [0.25, 0.3) is 0 Å². The first-order chi connectivity index (χ1) is 20.3. The zero-order chi connectivity index (χ0) is 29.5. The van der Waals surface area contributed by atoms with Crippen LogP contribution < -0.4 is 15.4 Å². The van der Waals surface area contributed by atoms with Crippen molar-refractivity contribution in [2.75, 3.05) is 53.2 Å². The molecule has 2 aromatic rings. The number of phenols is 1. The normalized spacial score (nSPS) is 24.5. The summed E-state index contributed by atoms with van der Waals surface area (Å²) in [6, 6.07) is 12.6. The maximum Gasteiger partial charge on any atom is 0.243 e. The summed E-state index contributed by atoms with van der Waals surface area (Å²) >= 11 is 0. The number of methoxy groups -OCH3 is 1. The summed E-state index contributed by atoms with van der Waals surface area (Å²) in [6.07, 6.45) is 1.64. The molecule has 1 unspecified atom stereocenters. The average Bonchev–Trinajstić information content (AvgIpc) is 3.63. The Hall–Kier alpha value is -2.29. The average molecular weight is 606 g/mol. The van der Waals surface area contributed by atoms with Gasteiger partial charge in [-0.1, -0.05) is 12.1 Å². The summed E-state index contributed by atoms with van der Waals surface area (Å²) in [5.74, 6) is 1.09. The highest BCUT2D eigenvalue weighted by Crippen LogP contribution is 2.33. The fourth-order valence-electron chi connectivity index (χ4n) is 5.95. The number of aliphatic hydroxyl groups excluding tert-OH is 1. The van der Waals surface area contributed by atoms with Crippen LogP contribution in [-0.4, -0.2) is 101 Å². The zero-order valence-electron chi connectivity index (χ0n) is 24.1. The Bertz CT molecular complexity index is 1220. The molecule has 3 heterocycles. The third kappa shape index (κ3) is 7.80. The van der Waals surface area contributed by atoms with Gasteiger partial charge in [-0.3, -0.25) is 5.32 Å².